The Hall–Kier alpha value is -2.68. The molecule has 2 aromatic carbocycles. The molecule has 29 heavy (non-hydrogen) atoms. The smallest absolute Gasteiger partial charge is 0.161 e. The van der Waals surface area contributed by atoms with E-state index in [0.29, 0.717) is 6.61 Å². The van der Waals surface area contributed by atoms with Crippen molar-refractivity contribution in [1.29, 1.82) is 0 Å². The van der Waals surface area contributed by atoms with E-state index in [-0.39, 0.29) is 0 Å². The van der Waals surface area contributed by atoms with E-state index in [4.69, 9.17) is 18.9 Å². The number of benzene rings is 2. The maximum Gasteiger partial charge on any atom is 0.161 e. The molecule has 5 nitrogen and oxygen atoms in total. The number of rotatable bonds is 6. The summed E-state index contributed by atoms with van der Waals surface area (Å²) in [7, 11) is 6.67. The molecule has 2 aromatic rings. The van der Waals surface area contributed by atoms with Gasteiger partial charge in [0, 0.05) is 20.2 Å². The second kappa shape index (κ2) is 9.21. The highest BCUT2D eigenvalue weighted by Crippen LogP contribution is 2.41. The monoisotopic (exact) mass is 395 g/mol. The summed E-state index contributed by atoms with van der Waals surface area (Å²) < 4.78 is 21.5. The van der Waals surface area contributed by atoms with Crippen molar-refractivity contribution in [2.24, 2.45) is 0 Å². The van der Waals surface area contributed by atoms with Crippen LogP contribution in [0.15, 0.2) is 36.4 Å². The van der Waals surface area contributed by atoms with Crippen LogP contribution in [0, 0.1) is 11.8 Å². The molecule has 5 heteroatoms. The van der Waals surface area contributed by atoms with Crippen LogP contribution in [0.4, 0.5) is 0 Å². The molecule has 0 aromatic heterocycles. The third-order valence-corrected chi connectivity index (χ3v) is 5.50. The summed E-state index contributed by atoms with van der Waals surface area (Å²) in [6.07, 6.45) is 0.924. The molecular weight excluding hydrogens is 366 g/mol. The van der Waals surface area contributed by atoms with Gasteiger partial charge in [-0.15, -0.1) is 0 Å². The normalized spacial score (nSPS) is 18.4. The van der Waals surface area contributed by atoms with Gasteiger partial charge in [0.2, 0.25) is 0 Å². The molecule has 0 aliphatic carbocycles. The molecule has 1 unspecified atom stereocenters. The minimum Gasteiger partial charge on any atom is -0.497 e. The fourth-order valence-electron chi connectivity index (χ4n) is 3.85. The summed E-state index contributed by atoms with van der Waals surface area (Å²) >= 11 is 0. The van der Waals surface area contributed by atoms with Gasteiger partial charge in [0.05, 0.1) is 21.3 Å². The molecule has 3 rings (SSSR count). The van der Waals surface area contributed by atoms with E-state index in [0.717, 1.165) is 42.3 Å². The first kappa shape index (κ1) is 21.0. The van der Waals surface area contributed by atoms with Gasteiger partial charge in [-0.3, -0.25) is 4.90 Å². The van der Waals surface area contributed by atoms with Crippen LogP contribution < -0.4 is 14.2 Å². The van der Waals surface area contributed by atoms with Gasteiger partial charge in [0.1, 0.15) is 17.9 Å². The number of nitrogens with zero attached hydrogens (tertiary/aromatic N) is 1. The van der Waals surface area contributed by atoms with Gasteiger partial charge in [0.15, 0.2) is 11.5 Å². The van der Waals surface area contributed by atoms with E-state index in [1.54, 1.807) is 28.4 Å². The average Bonchev–Trinajstić information content (AvgIpc) is 2.75. The van der Waals surface area contributed by atoms with Crippen LogP contribution in [-0.4, -0.2) is 46.5 Å². The Morgan fingerprint density at radius 3 is 2.28 bits per heavy atom. The molecule has 1 aliphatic rings. The quantitative estimate of drug-likeness (QED) is 0.699. The van der Waals surface area contributed by atoms with Crippen molar-refractivity contribution >= 4 is 0 Å². The van der Waals surface area contributed by atoms with E-state index >= 15 is 0 Å². The molecule has 1 aliphatic heterocycles. The number of fused-ring (bicyclic) bond motifs is 1. The highest BCUT2D eigenvalue weighted by atomic mass is 16.5. The predicted octanol–water partition coefficient (Wildman–Crippen LogP) is 3.64. The summed E-state index contributed by atoms with van der Waals surface area (Å²) in [6.45, 7) is 4.25. The highest BCUT2D eigenvalue weighted by Gasteiger charge is 2.38. The molecular formula is C24H29NO4. The van der Waals surface area contributed by atoms with E-state index in [1.807, 2.05) is 12.1 Å². The van der Waals surface area contributed by atoms with Gasteiger partial charge in [-0.25, -0.2) is 0 Å². The van der Waals surface area contributed by atoms with Gasteiger partial charge in [0.25, 0.3) is 0 Å². The lowest BCUT2D eigenvalue weighted by Crippen LogP contribution is -2.47. The van der Waals surface area contributed by atoms with E-state index in [1.165, 1.54) is 11.1 Å². The number of hydrogen-bond acceptors (Lipinski definition) is 5. The lowest BCUT2D eigenvalue weighted by molar-refractivity contribution is 0.131. The van der Waals surface area contributed by atoms with Crippen molar-refractivity contribution in [2.75, 3.05) is 41.6 Å². The topological polar surface area (TPSA) is 40.2 Å². The first-order valence-corrected chi connectivity index (χ1v) is 9.68. The number of hydrogen-bond donors (Lipinski definition) is 0. The molecule has 1 atom stereocenters. The van der Waals surface area contributed by atoms with Crippen LogP contribution in [-0.2, 0) is 23.2 Å². The number of methoxy groups -OCH3 is 4. The van der Waals surface area contributed by atoms with Crippen molar-refractivity contribution in [3.05, 3.63) is 53.1 Å². The van der Waals surface area contributed by atoms with Gasteiger partial charge >= 0.3 is 0 Å². The van der Waals surface area contributed by atoms with Crippen LogP contribution in [0.3, 0.4) is 0 Å². The summed E-state index contributed by atoms with van der Waals surface area (Å²) in [6, 6.07) is 12.3. The maximum atomic E-state index is 5.57. The molecule has 0 saturated carbocycles. The van der Waals surface area contributed by atoms with Crippen LogP contribution in [0.2, 0.25) is 0 Å². The summed E-state index contributed by atoms with van der Waals surface area (Å²) in [5.41, 5.74) is 3.14. The molecule has 0 radical (unpaired) electrons. The van der Waals surface area contributed by atoms with Gasteiger partial charge < -0.3 is 18.9 Å². The summed E-state index contributed by atoms with van der Waals surface area (Å²) in [5.74, 6) is 8.98. The molecule has 1 heterocycles. The Morgan fingerprint density at radius 2 is 1.66 bits per heavy atom. The van der Waals surface area contributed by atoms with Crippen molar-refractivity contribution < 1.29 is 18.9 Å². The van der Waals surface area contributed by atoms with Crippen LogP contribution in [0.1, 0.15) is 23.6 Å². The second-order valence-electron chi connectivity index (χ2n) is 7.19. The summed E-state index contributed by atoms with van der Waals surface area (Å²) in [5, 5.41) is 0. The zero-order chi connectivity index (χ0) is 20.9. The lowest BCUT2D eigenvalue weighted by Gasteiger charge is -2.43. The minimum atomic E-state index is -0.467. The fourth-order valence-corrected chi connectivity index (χ4v) is 3.85. The molecule has 0 spiro atoms. The van der Waals surface area contributed by atoms with Crippen molar-refractivity contribution in [2.45, 2.75) is 25.4 Å². The van der Waals surface area contributed by atoms with Crippen LogP contribution >= 0.6 is 0 Å². The van der Waals surface area contributed by atoms with E-state index in [9.17, 15) is 0 Å². The SMILES string of the molecule is COCC#CC1(C)c2cc(OC)c(OC)cc2CCN1Cc1ccc(OC)cc1. The maximum absolute atomic E-state index is 5.57. The van der Waals surface area contributed by atoms with Gasteiger partial charge in [-0.05, 0) is 54.3 Å². The first-order valence-electron chi connectivity index (χ1n) is 9.68. The molecule has 0 saturated heterocycles. The second-order valence-corrected chi connectivity index (χ2v) is 7.19. The third kappa shape index (κ3) is 4.34. The Morgan fingerprint density at radius 1 is 0.966 bits per heavy atom. The fraction of sp³-hybridized carbons (Fsp3) is 0.417. The molecule has 0 amide bonds. The molecule has 0 bridgehead atoms. The van der Waals surface area contributed by atoms with Crippen molar-refractivity contribution in [1.82, 2.24) is 4.90 Å². The van der Waals surface area contributed by atoms with E-state index in [2.05, 4.69) is 47.9 Å². The highest BCUT2D eigenvalue weighted by molar-refractivity contribution is 5.53. The Kier molecular flexibility index (Phi) is 6.68. The van der Waals surface area contributed by atoms with Gasteiger partial charge in [-0.2, -0.15) is 0 Å². The number of ether oxygens (including phenoxy) is 4. The van der Waals surface area contributed by atoms with Crippen LogP contribution in [0.5, 0.6) is 17.2 Å². The predicted molar refractivity (Wildman–Crippen MR) is 114 cm³/mol. The first-order chi connectivity index (χ1) is 14.0. The Bertz CT molecular complexity index is 898. The zero-order valence-electron chi connectivity index (χ0n) is 17.9. The molecule has 154 valence electrons. The van der Waals surface area contributed by atoms with Crippen molar-refractivity contribution in [3.8, 4) is 29.1 Å². The Balaban J connectivity index is 2.02. The standard InChI is InChI=1S/C24H29NO4/c1-24(12-6-14-26-2)21-16-23(29-5)22(28-4)15-19(21)11-13-25(24)17-18-7-9-20(27-3)10-8-18/h7-10,15-16H,11,13-14,17H2,1-5H3. The zero-order valence-corrected chi connectivity index (χ0v) is 17.9. The van der Waals surface area contributed by atoms with E-state index < -0.39 is 5.54 Å². The van der Waals surface area contributed by atoms with Crippen molar-refractivity contribution in [3.63, 3.8) is 0 Å². The van der Waals surface area contributed by atoms with Gasteiger partial charge in [-0.1, -0.05) is 24.0 Å². The van der Waals surface area contributed by atoms with Crippen LogP contribution in [0.25, 0.3) is 0 Å². The molecule has 0 N–H and O–H groups in total. The summed E-state index contributed by atoms with van der Waals surface area (Å²) in [4.78, 5) is 2.41. The average molecular weight is 395 g/mol. The Labute approximate surface area is 173 Å². The minimum absolute atomic E-state index is 0.397. The molecule has 0 fully saturated rings. The largest absolute Gasteiger partial charge is 0.497 e. The third-order valence-electron chi connectivity index (χ3n) is 5.50. The lowest BCUT2D eigenvalue weighted by atomic mass is 9.81.